The van der Waals surface area contributed by atoms with E-state index in [4.69, 9.17) is 20.4 Å². The van der Waals surface area contributed by atoms with Crippen molar-refractivity contribution in [2.24, 2.45) is 0 Å². The second-order valence-electron chi connectivity index (χ2n) is 5.86. The molecule has 6 N–H and O–H groups in total. The van der Waals surface area contributed by atoms with Crippen LogP contribution >= 0.6 is 47.2 Å². The van der Waals surface area contributed by atoms with Gasteiger partial charge in [0.25, 0.3) is 0 Å². The van der Waals surface area contributed by atoms with Crippen LogP contribution in [0.5, 0.6) is 0 Å². The zero-order chi connectivity index (χ0) is 22.7. The Bertz CT molecular complexity index is 1060. The van der Waals surface area contributed by atoms with Crippen molar-refractivity contribution in [1.29, 1.82) is 0 Å². The number of thiazole rings is 1. The standard InChI is InChI=1S/C12H19N4O10P3S.ClH/c1-8-11(30-7-16(8)6-10-5-14-9(2)15-12(10)13)3-4-24-28(20,21)26-29(22,23)25-27(17,18)19;/h5,7H,3-4,6H2,1-2H3,(H5-,13,14,15,17,18,19,20,21,22,23);1H/p+1. The van der Waals surface area contributed by atoms with Crippen LogP contribution in [0.15, 0.2) is 11.7 Å². The summed E-state index contributed by atoms with van der Waals surface area (Å²) in [7, 11) is -16.1. The zero-order valence-electron chi connectivity index (χ0n) is 16.1. The fourth-order valence-electron chi connectivity index (χ4n) is 2.22. The summed E-state index contributed by atoms with van der Waals surface area (Å²) >= 11 is 1.33. The van der Waals surface area contributed by atoms with Crippen molar-refractivity contribution in [3.05, 3.63) is 33.7 Å². The smallest absolute Gasteiger partial charge is 0.383 e. The number of rotatable bonds is 10. The molecule has 31 heavy (non-hydrogen) atoms. The highest BCUT2D eigenvalue weighted by Gasteiger charge is 2.40. The summed E-state index contributed by atoms with van der Waals surface area (Å²) in [6.07, 6.45) is 1.77. The minimum absolute atomic E-state index is 0. The maximum absolute atomic E-state index is 11.7. The lowest BCUT2D eigenvalue weighted by atomic mass is 10.2. The Morgan fingerprint density at radius 3 is 2.35 bits per heavy atom. The summed E-state index contributed by atoms with van der Waals surface area (Å²) in [5, 5.41) is 0. The van der Waals surface area contributed by atoms with Gasteiger partial charge in [-0.25, -0.2) is 23.7 Å². The maximum atomic E-state index is 11.7. The number of aromatic nitrogens is 3. The molecule has 0 radical (unpaired) electrons. The largest absolute Gasteiger partial charge is 0.490 e. The molecule has 0 amide bonds. The number of phosphoric ester groups is 1. The number of nitrogens with zero attached hydrogens (tertiary/aromatic N) is 3. The normalized spacial score (nSPS) is 15.7. The van der Waals surface area contributed by atoms with E-state index in [1.807, 2.05) is 11.5 Å². The first kappa shape index (κ1) is 28.2. The van der Waals surface area contributed by atoms with Gasteiger partial charge in [0.15, 0.2) is 12.2 Å². The Kier molecular flexibility index (Phi) is 9.92. The van der Waals surface area contributed by atoms with Gasteiger partial charge in [0, 0.05) is 19.5 Å². The molecule has 14 nitrogen and oxygen atoms in total. The molecule has 0 bridgehead atoms. The van der Waals surface area contributed by atoms with Crippen LogP contribution in [0, 0.1) is 13.8 Å². The minimum Gasteiger partial charge on any atom is -0.383 e. The highest BCUT2D eigenvalue weighted by atomic mass is 35.5. The number of anilines is 1. The third-order valence-electron chi connectivity index (χ3n) is 3.52. The van der Waals surface area contributed by atoms with Crippen LogP contribution in [0.2, 0.25) is 0 Å². The van der Waals surface area contributed by atoms with Gasteiger partial charge in [0.2, 0.25) is 5.51 Å². The molecule has 2 aromatic rings. The van der Waals surface area contributed by atoms with Gasteiger partial charge in [-0.2, -0.15) is 13.2 Å². The molecule has 176 valence electrons. The fourth-order valence-corrected chi connectivity index (χ4v) is 6.21. The second kappa shape index (κ2) is 10.9. The second-order valence-corrected chi connectivity index (χ2v) is 11.2. The van der Waals surface area contributed by atoms with Crippen molar-refractivity contribution < 1.29 is 51.0 Å². The summed E-state index contributed by atoms with van der Waals surface area (Å²) in [5.41, 5.74) is 9.22. The van der Waals surface area contributed by atoms with Gasteiger partial charge >= 0.3 is 23.5 Å². The quantitative estimate of drug-likeness (QED) is 0.212. The molecule has 0 aliphatic carbocycles. The van der Waals surface area contributed by atoms with Gasteiger partial charge in [-0.05, 0) is 6.92 Å². The number of hydrogen-bond acceptors (Lipinski definition) is 10. The van der Waals surface area contributed by atoms with Crippen molar-refractivity contribution in [3.8, 4) is 0 Å². The first-order valence-corrected chi connectivity index (χ1v) is 13.4. The van der Waals surface area contributed by atoms with Gasteiger partial charge in [-0.15, -0.1) is 12.4 Å². The van der Waals surface area contributed by atoms with Crippen LogP contribution < -0.4 is 10.3 Å². The molecule has 2 heterocycles. The Morgan fingerprint density at radius 1 is 1.13 bits per heavy atom. The summed E-state index contributed by atoms with van der Waals surface area (Å²) in [6, 6.07) is 0. The Morgan fingerprint density at radius 2 is 1.77 bits per heavy atom. The number of halogens is 1. The van der Waals surface area contributed by atoms with Gasteiger partial charge < -0.3 is 25.3 Å². The summed E-state index contributed by atoms with van der Waals surface area (Å²) in [6.45, 7) is 3.55. The molecular formula is C12H21ClN4O10P3S+. The monoisotopic (exact) mass is 541 g/mol. The average Bonchev–Trinajstić information content (AvgIpc) is 2.87. The minimum atomic E-state index is -5.53. The molecule has 0 aliphatic heterocycles. The first-order chi connectivity index (χ1) is 13.7. The third-order valence-corrected chi connectivity index (χ3v) is 8.50. The lowest BCUT2D eigenvalue weighted by molar-refractivity contribution is -0.689. The number of nitrogens with two attached hydrogens (primary N) is 1. The van der Waals surface area contributed by atoms with Crippen LogP contribution in [-0.4, -0.2) is 36.1 Å². The fraction of sp³-hybridized carbons (Fsp3) is 0.417. The SMILES string of the molecule is Cc1ncc(C[n+]2csc(CCOP(=O)(O)OP(=O)(O)OP(=O)(O)O)c2C)c(N)n1.Cl. The first-order valence-electron chi connectivity index (χ1n) is 8.00. The van der Waals surface area contributed by atoms with Gasteiger partial charge in [-0.1, -0.05) is 11.3 Å². The van der Waals surface area contributed by atoms with E-state index in [-0.39, 0.29) is 25.4 Å². The molecule has 2 unspecified atom stereocenters. The van der Waals surface area contributed by atoms with E-state index < -0.39 is 23.5 Å². The summed E-state index contributed by atoms with van der Waals surface area (Å²) < 4.78 is 47.4. The lowest BCUT2D eigenvalue weighted by Gasteiger charge is -2.15. The van der Waals surface area contributed by atoms with Crippen molar-refractivity contribution in [2.75, 3.05) is 12.3 Å². The lowest BCUT2D eigenvalue weighted by Crippen LogP contribution is -2.35. The van der Waals surface area contributed by atoms with Crippen LogP contribution in [0.1, 0.15) is 22.0 Å². The van der Waals surface area contributed by atoms with E-state index in [1.54, 1.807) is 18.6 Å². The Hall–Kier alpha value is -0.790. The van der Waals surface area contributed by atoms with Gasteiger partial charge in [-0.3, -0.25) is 4.52 Å². The van der Waals surface area contributed by atoms with E-state index in [0.29, 0.717) is 23.8 Å². The van der Waals surface area contributed by atoms with Crippen LogP contribution in [0.3, 0.4) is 0 Å². The molecule has 19 heteroatoms. The van der Waals surface area contributed by atoms with Crippen molar-refractivity contribution in [1.82, 2.24) is 9.97 Å². The Balaban J connectivity index is 0.00000480. The molecule has 0 saturated heterocycles. The average molecular weight is 542 g/mol. The van der Waals surface area contributed by atoms with Crippen LogP contribution in [-0.2, 0) is 39.8 Å². The van der Waals surface area contributed by atoms with E-state index in [1.165, 1.54) is 11.3 Å². The molecule has 0 fully saturated rings. The van der Waals surface area contributed by atoms with Crippen molar-refractivity contribution in [3.63, 3.8) is 0 Å². The van der Waals surface area contributed by atoms with E-state index >= 15 is 0 Å². The van der Waals surface area contributed by atoms with Crippen molar-refractivity contribution >= 4 is 53.0 Å². The third kappa shape index (κ3) is 9.30. The number of hydrogen-bond donors (Lipinski definition) is 5. The zero-order valence-corrected chi connectivity index (χ0v) is 20.4. The molecular weight excluding hydrogens is 521 g/mol. The van der Waals surface area contributed by atoms with E-state index in [0.717, 1.165) is 10.6 Å². The van der Waals surface area contributed by atoms with Gasteiger partial charge in [0.05, 0.1) is 17.0 Å². The van der Waals surface area contributed by atoms with Crippen LogP contribution in [0.4, 0.5) is 5.82 Å². The van der Waals surface area contributed by atoms with E-state index in [2.05, 4.69) is 23.1 Å². The number of nitrogen functional groups attached to an aromatic ring is 1. The topological polar surface area (TPSA) is 216 Å². The predicted octanol–water partition coefficient (Wildman–Crippen LogP) is 1.38. The summed E-state index contributed by atoms with van der Waals surface area (Å²) in [5.74, 6) is 0.908. The van der Waals surface area contributed by atoms with E-state index in [9.17, 15) is 18.6 Å². The highest BCUT2D eigenvalue weighted by Crippen LogP contribution is 2.66. The molecule has 0 aromatic carbocycles. The maximum Gasteiger partial charge on any atom is 0.490 e. The number of phosphoric acid groups is 3. The predicted molar refractivity (Wildman–Crippen MR) is 110 cm³/mol. The molecule has 0 saturated carbocycles. The highest BCUT2D eigenvalue weighted by molar-refractivity contribution is 7.66. The van der Waals surface area contributed by atoms with Gasteiger partial charge in [0.1, 0.15) is 11.6 Å². The molecule has 2 atom stereocenters. The van der Waals surface area contributed by atoms with Crippen LogP contribution in [0.25, 0.3) is 0 Å². The molecule has 0 spiro atoms. The molecule has 0 aliphatic rings. The molecule has 2 aromatic heterocycles. The molecule has 2 rings (SSSR count). The Labute approximate surface area is 186 Å². The number of aryl methyl sites for hydroxylation is 1. The summed E-state index contributed by atoms with van der Waals surface area (Å²) in [4.78, 5) is 44.5. The van der Waals surface area contributed by atoms with Crippen molar-refractivity contribution in [2.45, 2.75) is 26.8 Å².